The lowest BCUT2D eigenvalue weighted by molar-refractivity contribution is -0.142. The summed E-state index contributed by atoms with van der Waals surface area (Å²) < 4.78 is 42.2. The van der Waals surface area contributed by atoms with Gasteiger partial charge in [-0.3, -0.25) is 4.79 Å². The van der Waals surface area contributed by atoms with Crippen molar-refractivity contribution in [3.8, 4) is 11.5 Å². The van der Waals surface area contributed by atoms with Crippen LogP contribution in [0.1, 0.15) is 24.8 Å². The van der Waals surface area contributed by atoms with Crippen LogP contribution in [0.4, 0.5) is 5.69 Å². The Morgan fingerprint density at radius 2 is 1.65 bits per heavy atom. The van der Waals surface area contributed by atoms with Crippen LogP contribution >= 0.6 is 0 Å². The summed E-state index contributed by atoms with van der Waals surface area (Å²) in [6.07, 6.45) is 5.48. The first-order chi connectivity index (χ1) is 16.3. The summed E-state index contributed by atoms with van der Waals surface area (Å²) in [7, 11) is -0.495. The molecule has 9 nitrogen and oxygen atoms in total. The first-order valence-electron chi connectivity index (χ1n) is 10.8. The van der Waals surface area contributed by atoms with E-state index in [1.54, 1.807) is 18.2 Å². The molecular formula is C24H28N2O7S. The lowest BCUT2D eigenvalue weighted by Crippen LogP contribution is -2.35. The van der Waals surface area contributed by atoms with Gasteiger partial charge in [0, 0.05) is 24.9 Å². The van der Waals surface area contributed by atoms with E-state index in [0.29, 0.717) is 35.8 Å². The lowest BCUT2D eigenvalue weighted by atomic mass is 10.2. The van der Waals surface area contributed by atoms with E-state index in [-0.39, 0.29) is 4.90 Å². The first-order valence-corrected chi connectivity index (χ1v) is 12.2. The van der Waals surface area contributed by atoms with Crippen molar-refractivity contribution in [2.45, 2.75) is 24.2 Å². The summed E-state index contributed by atoms with van der Waals surface area (Å²) in [5.41, 5.74) is 1.10. The van der Waals surface area contributed by atoms with E-state index < -0.39 is 28.5 Å². The molecule has 1 aliphatic heterocycles. The van der Waals surface area contributed by atoms with Crippen LogP contribution in [0.2, 0.25) is 0 Å². The van der Waals surface area contributed by atoms with Crippen molar-refractivity contribution in [3.05, 3.63) is 54.1 Å². The van der Waals surface area contributed by atoms with Gasteiger partial charge in [-0.2, -0.15) is 4.31 Å². The minimum atomic E-state index is -3.54. The number of nitrogens with zero attached hydrogens (tertiary/aromatic N) is 1. The standard InChI is InChI=1S/C24H28N2O7S/c1-31-21-12-6-18(16-22(21)32-2)7-13-24(28)33-17-23(27)25-19-8-10-20(11-9-19)34(29,30)26-14-4-3-5-15-26/h6-13,16H,3-5,14-15,17H2,1-2H3,(H,25,27)/b13-7+. The fourth-order valence-electron chi connectivity index (χ4n) is 3.47. The zero-order valence-electron chi connectivity index (χ0n) is 19.2. The molecule has 0 bridgehead atoms. The molecule has 0 atom stereocenters. The van der Waals surface area contributed by atoms with E-state index in [2.05, 4.69) is 5.32 Å². The zero-order chi connectivity index (χ0) is 24.6. The molecule has 1 aliphatic rings. The monoisotopic (exact) mass is 488 g/mol. The summed E-state index contributed by atoms with van der Waals surface area (Å²) >= 11 is 0. The Hall–Kier alpha value is -3.37. The maximum atomic E-state index is 12.7. The number of carbonyl (C=O) groups excluding carboxylic acids is 2. The number of ether oxygens (including phenoxy) is 3. The van der Waals surface area contributed by atoms with Gasteiger partial charge >= 0.3 is 5.97 Å². The van der Waals surface area contributed by atoms with Gasteiger partial charge in [0.15, 0.2) is 18.1 Å². The van der Waals surface area contributed by atoms with Crippen LogP contribution in [0, 0.1) is 0 Å². The molecule has 0 unspecified atom stereocenters. The molecular weight excluding hydrogens is 460 g/mol. The van der Waals surface area contributed by atoms with Gasteiger partial charge in [-0.15, -0.1) is 0 Å². The summed E-state index contributed by atoms with van der Waals surface area (Å²) in [6, 6.07) is 11.1. The van der Waals surface area contributed by atoms with E-state index in [9.17, 15) is 18.0 Å². The van der Waals surface area contributed by atoms with Crippen molar-refractivity contribution < 1.29 is 32.2 Å². The molecule has 1 amide bonds. The second-order valence-corrected chi connectivity index (χ2v) is 9.53. The van der Waals surface area contributed by atoms with E-state index in [1.807, 2.05) is 0 Å². The van der Waals surface area contributed by atoms with Crippen LogP contribution in [-0.4, -0.2) is 58.5 Å². The molecule has 1 heterocycles. The fraction of sp³-hybridized carbons (Fsp3) is 0.333. The van der Waals surface area contributed by atoms with Crippen LogP contribution in [0.5, 0.6) is 11.5 Å². The molecule has 0 aliphatic carbocycles. The highest BCUT2D eigenvalue weighted by atomic mass is 32.2. The summed E-state index contributed by atoms with van der Waals surface area (Å²) in [5.74, 6) is -0.143. The molecule has 0 aromatic heterocycles. The fourth-order valence-corrected chi connectivity index (χ4v) is 4.98. The summed E-state index contributed by atoms with van der Waals surface area (Å²) in [5, 5.41) is 2.58. The number of nitrogens with one attached hydrogen (secondary N) is 1. The highest BCUT2D eigenvalue weighted by molar-refractivity contribution is 7.89. The van der Waals surface area contributed by atoms with Crippen LogP contribution in [-0.2, 0) is 24.3 Å². The van der Waals surface area contributed by atoms with Crippen molar-refractivity contribution in [2.75, 3.05) is 39.2 Å². The molecule has 0 saturated carbocycles. The number of piperidine rings is 1. The van der Waals surface area contributed by atoms with E-state index in [1.165, 1.54) is 54.9 Å². The Labute approximate surface area is 199 Å². The molecule has 2 aromatic carbocycles. The van der Waals surface area contributed by atoms with Gasteiger partial charge in [-0.1, -0.05) is 12.5 Å². The van der Waals surface area contributed by atoms with Crippen molar-refractivity contribution in [1.82, 2.24) is 4.31 Å². The van der Waals surface area contributed by atoms with Gasteiger partial charge in [0.1, 0.15) is 0 Å². The van der Waals surface area contributed by atoms with Crippen molar-refractivity contribution in [2.24, 2.45) is 0 Å². The number of anilines is 1. The molecule has 10 heteroatoms. The Morgan fingerprint density at radius 1 is 0.971 bits per heavy atom. The second-order valence-electron chi connectivity index (χ2n) is 7.59. The molecule has 34 heavy (non-hydrogen) atoms. The number of hydrogen-bond donors (Lipinski definition) is 1. The van der Waals surface area contributed by atoms with Crippen LogP contribution in [0.15, 0.2) is 53.4 Å². The minimum absolute atomic E-state index is 0.180. The number of sulfonamides is 1. The smallest absolute Gasteiger partial charge is 0.331 e. The molecule has 1 fully saturated rings. The van der Waals surface area contributed by atoms with Gasteiger partial charge in [-0.05, 0) is 60.9 Å². The number of carbonyl (C=O) groups is 2. The lowest BCUT2D eigenvalue weighted by Gasteiger charge is -2.25. The Bertz CT molecular complexity index is 1140. The van der Waals surface area contributed by atoms with Gasteiger partial charge in [-0.25, -0.2) is 13.2 Å². The summed E-state index contributed by atoms with van der Waals surface area (Å²) in [4.78, 5) is 24.2. The molecule has 1 N–H and O–H groups in total. The minimum Gasteiger partial charge on any atom is -0.493 e. The SMILES string of the molecule is COc1ccc(/C=C/C(=O)OCC(=O)Nc2ccc(S(=O)(=O)N3CCCCC3)cc2)cc1OC. The van der Waals surface area contributed by atoms with Crippen molar-refractivity contribution >= 4 is 33.7 Å². The molecule has 0 radical (unpaired) electrons. The number of rotatable bonds is 9. The topological polar surface area (TPSA) is 111 Å². The maximum absolute atomic E-state index is 12.7. The number of hydrogen-bond acceptors (Lipinski definition) is 7. The highest BCUT2D eigenvalue weighted by Gasteiger charge is 2.25. The van der Waals surface area contributed by atoms with Gasteiger partial charge < -0.3 is 19.5 Å². The van der Waals surface area contributed by atoms with Crippen molar-refractivity contribution in [3.63, 3.8) is 0 Å². The molecule has 0 spiro atoms. The molecule has 2 aromatic rings. The largest absolute Gasteiger partial charge is 0.493 e. The predicted molar refractivity (Wildman–Crippen MR) is 127 cm³/mol. The van der Waals surface area contributed by atoms with Crippen LogP contribution in [0.3, 0.4) is 0 Å². The maximum Gasteiger partial charge on any atom is 0.331 e. The zero-order valence-corrected chi connectivity index (χ0v) is 20.0. The van der Waals surface area contributed by atoms with Crippen molar-refractivity contribution in [1.29, 1.82) is 0 Å². The molecule has 1 saturated heterocycles. The predicted octanol–water partition coefficient (Wildman–Crippen LogP) is 3.07. The highest BCUT2D eigenvalue weighted by Crippen LogP contribution is 2.28. The Morgan fingerprint density at radius 3 is 2.29 bits per heavy atom. The van der Waals surface area contributed by atoms with E-state index in [4.69, 9.17) is 14.2 Å². The second kappa shape index (κ2) is 11.7. The normalized spacial score (nSPS) is 14.5. The number of esters is 1. The van der Waals surface area contributed by atoms with Gasteiger partial charge in [0.2, 0.25) is 10.0 Å². The average molecular weight is 489 g/mol. The number of benzene rings is 2. The third-order valence-corrected chi connectivity index (χ3v) is 7.17. The number of amides is 1. The van der Waals surface area contributed by atoms with Crippen LogP contribution < -0.4 is 14.8 Å². The third kappa shape index (κ3) is 6.58. The quantitative estimate of drug-likeness (QED) is 0.427. The molecule has 182 valence electrons. The van der Waals surface area contributed by atoms with E-state index >= 15 is 0 Å². The molecule has 3 rings (SSSR count). The summed E-state index contributed by atoms with van der Waals surface area (Å²) in [6.45, 7) is 0.558. The number of methoxy groups -OCH3 is 2. The Balaban J connectivity index is 1.50. The third-order valence-electron chi connectivity index (χ3n) is 5.26. The first kappa shape index (κ1) is 25.3. The van der Waals surface area contributed by atoms with Gasteiger partial charge in [0.25, 0.3) is 5.91 Å². The van der Waals surface area contributed by atoms with E-state index in [0.717, 1.165) is 19.3 Å². The average Bonchev–Trinajstić information content (AvgIpc) is 2.86. The Kier molecular flexibility index (Phi) is 8.67. The van der Waals surface area contributed by atoms with Crippen LogP contribution in [0.25, 0.3) is 6.08 Å². The van der Waals surface area contributed by atoms with Gasteiger partial charge in [0.05, 0.1) is 19.1 Å².